The van der Waals surface area contributed by atoms with Crippen LogP contribution in [-0.2, 0) is 29.1 Å². The van der Waals surface area contributed by atoms with Crippen LogP contribution in [0.2, 0.25) is 0 Å². The Morgan fingerprint density at radius 3 is 2.06 bits per heavy atom. The molecule has 1 rings (SSSR count). The molecule has 2 atom stereocenters. The molecule has 0 aromatic rings. The van der Waals surface area contributed by atoms with Crippen LogP contribution in [0.1, 0.15) is 86.5 Å². The molecule has 0 saturated heterocycles. The summed E-state index contributed by atoms with van der Waals surface area (Å²) in [6.45, 7) is 8.75. The summed E-state index contributed by atoms with van der Waals surface area (Å²) in [5.74, 6) is -1.70. The molecule has 1 N–H and O–H groups in total. The van der Waals surface area contributed by atoms with Gasteiger partial charge in [0.05, 0.1) is 16.9 Å². The van der Waals surface area contributed by atoms with Gasteiger partial charge in [0.25, 0.3) is 0 Å². The van der Waals surface area contributed by atoms with Crippen LogP contribution < -0.4 is 4.72 Å². The summed E-state index contributed by atoms with van der Waals surface area (Å²) in [6, 6.07) is 0. The summed E-state index contributed by atoms with van der Waals surface area (Å²) >= 11 is 0. The zero-order valence-electron chi connectivity index (χ0n) is 19.7. The molecule has 11 heteroatoms. The Balaban J connectivity index is 2.77. The Morgan fingerprint density at radius 1 is 1.09 bits per heavy atom. The number of rotatable bonds is 11. The van der Waals surface area contributed by atoms with E-state index < -0.39 is 50.6 Å². The van der Waals surface area contributed by atoms with Crippen molar-refractivity contribution in [1.82, 2.24) is 4.72 Å². The van der Waals surface area contributed by atoms with Gasteiger partial charge in [0.1, 0.15) is 12.2 Å². The van der Waals surface area contributed by atoms with Crippen LogP contribution >= 0.6 is 0 Å². The number of sulfonamides is 1. The molecule has 1 saturated carbocycles. The molecule has 0 bridgehead atoms. The smallest absolute Gasteiger partial charge is 0.463 e. The third-order valence-electron chi connectivity index (χ3n) is 6.19. The van der Waals surface area contributed by atoms with Gasteiger partial charge in [-0.2, -0.15) is 17.9 Å². The lowest BCUT2D eigenvalue weighted by molar-refractivity contribution is -0.168. The molecule has 32 heavy (non-hydrogen) atoms. The van der Waals surface area contributed by atoms with Gasteiger partial charge >= 0.3 is 27.5 Å². The Labute approximate surface area is 188 Å². The summed E-state index contributed by atoms with van der Waals surface area (Å²) in [5, 5.41) is 0. The standard InChI is InChI=1S/C21H36F3NO6S/c1-7-19(6,13-15(3)16(26)31-20(8-2)11-9-10-12-20)17(27)30-14-18(4,5)25-32(28,29)21(22,23)24/h15,25H,7-14H2,1-6H3. The second-order valence-electron chi connectivity index (χ2n) is 9.70. The predicted octanol–water partition coefficient (Wildman–Crippen LogP) is 4.46. The molecule has 0 amide bonds. The van der Waals surface area contributed by atoms with Gasteiger partial charge in [0.15, 0.2) is 0 Å². The molecular formula is C21H36F3NO6S. The molecule has 0 radical (unpaired) electrons. The van der Waals surface area contributed by atoms with Gasteiger partial charge in [-0.15, -0.1) is 0 Å². The minimum absolute atomic E-state index is 0.135. The van der Waals surface area contributed by atoms with Crippen molar-refractivity contribution in [3.05, 3.63) is 0 Å². The van der Waals surface area contributed by atoms with E-state index in [2.05, 4.69) is 0 Å². The number of hydrogen-bond donors (Lipinski definition) is 1. The average Bonchev–Trinajstić information content (AvgIpc) is 3.13. The van der Waals surface area contributed by atoms with Gasteiger partial charge < -0.3 is 9.47 Å². The fraction of sp³-hybridized carbons (Fsp3) is 0.905. The summed E-state index contributed by atoms with van der Waals surface area (Å²) in [7, 11) is -5.60. The molecule has 0 aromatic heterocycles. The second kappa shape index (κ2) is 10.3. The zero-order chi connectivity index (χ0) is 25.0. The van der Waals surface area contributed by atoms with Crippen molar-refractivity contribution in [2.24, 2.45) is 11.3 Å². The van der Waals surface area contributed by atoms with Gasteiger partial charge in [-0.25, -0.2) is 8.42 Å². The van der Waals surface area contributed by atoms with E-state index in [1.165, 1.54) is 18.6 Å². The second-order valence-corrected chi connectivity index (χ2v) is 11.4. The summed E-state index contributed by atoms with van der Waals surface area (Å²) in [6.07, 6.45) is 4.81. The predicted molar refractivity (Wildman–Crippen MR) is 113 cm³/mol. The van der Waals surface area contributed by atoms with Gasteiger partial charge in [0.2, 0.25) is 0 Å². The SMILES string of the molecule is CCC1(OC(=O)C(C)CC(C)(CC)C(=O)OCC(C)(C)NS(=O)(=O)C(F)(F)F)CCCC1. The molecule has 0 aromatic carbocycles. The molecule has 188 valence electrons. The third-order valence-corrected chi connectivity index (χ3v) is 7.62. The van der Waals surface area contributed by atoms with Gasteiger partial charge in [-0.3, -0.25) is 9.59 Å². The molecule has 0 aliphatic heterocycles. The number of hydrogen-bond acceptors (Lipinski definition) is 6. The first-order valence-corrected chi connectivity index (χ1v) is 12.4. The van der Waals surface area contributed by atoms with Crippen molar-refractivity contribution in [2.45, 2.75) is 103 Å². The summed E-state index contributed by atoms with van der Waals surface area (Å²) < 4.78 is 73.1. The van der Waals surface area contributed by atoms with E-state index in [0.717, 1.165) is 32.1 Å². The highest BCUT2D eigenvalue weighted by molar-refractivity contribution is 7.90. The number of esters is 2. The highest BCUT2D eigenvalue weighted by Crippen LogP contribution is 2.38. The molecular weight excluding hydrogens is 451 g/mol. The van der Waals surface area contributed by atoms with Gasteiger partial charge in [-0.1, -0.05) is 20.8 Å². The Bertz CT molecular complexity index is 775. The van der Waals surface area contributed by atoms with Gasteiger partial charge in [-0.05, 0) is 65.7 Å². The molecule has 1 fully saturated rings. The van der Waals surface area contributed by atoms with Crippen molar-refractivity contribution in [1.29, 1.82) is 0 Å². The van der Waals surface area contributed by atoms with Crippen molar-refractivity contribution in [3.8, 4) is 0 Å². The number of halogens is 3. The monoisotopic (exact) mass is 487 g/mol. The summed E-state index contributed by atoms with van der Waals surface area (Å²) in [5.41, 5.74) is -8.70. The number of carbonyl (C=O) groups is 2. The van der Waals surface area contributed by atoms with Crippen LogP contribution in [-0.4, -0.2) is 43.6 Å². The lowest BCUT2D eigenvalue weighted by Gasteiger charge is -2.33. The average molecular weight is 488 g/mol. The van der Waals surface area contributed by atoms with Crippen molar-refractivity contribution >= 4 is 22.0 Å². The minimum Gasteiger partial charge on any atom is -0.463 e. The van der Waals surface area contributed by atoms with E-state index in [4.69, 9.17) is 9.47 Å². The Morgan fingerprint density at radius 2 is 1.62 bits per heavy atom. The normalized spacial score (nSPS) is 19.8. The quantitative estimate of drug-likeness (QED) is 0.432. The molecule has 2 unspecified atom stereocenters. The number of carbonyl (C=O) groups excluding carboxylic acids is 2. The first-order valence-electron chi connectivity index (χ1n) is 10.9. The lowest BCUT2D eigenvalue weighted by atomic mass is 9.79. The van der Waals surface area contributed by atoms with E-state index >= 15 is 0 Å². The van der Waals surface area contributed by atoms with Crippen LogP contribution in [0.25, 0.3) is 0 Å². The molecule has 0 spiro atoms. The minimum atomic E-state index is -5.60. The maximum absolute atomic E-state index is 12.8. The van der Waals surface area contributed by atoms with Crippen LogP contribution in [0.3, 0.4) is 0 Å². The van der Waals surface area contributed by atoms with Crippen LogP contribution in [0.4, 0.5) is 13.2 Å². The maximum Gasteiger partial charge on any atom is 0.511 e. The highest BCUT2D eigenvalue weighted by atomic mass is 32.2. The van der Waals surface area contributed by atoms with Crippen LogP contribution in [0.5, 0.6) is 0 Å². The fourth-order valence-electron chi connectivity index (χ4n) is 3.86. The van der Waals surface area contributed by atoms with Crippen LogP contribution in [0, 0.1) is 11.3 Å². The zero-order valence-corrected chi connectivity index (χ0v) is 20.5. The van der Waals surface area contributed by atoms with Crippen molar-refractivity contribution in [2.75, 3.05) is 6.61 Å². The van der Waals surface area contributed by atoms with E-state index in [9.17, 15) is 31.2 Å². The van der Waals surface area contributed by atoms with E-state index in [-0.39, 0.29) is 12.4 Å². The molecule has 1 aliphatic carbocycles. The Hall–Kier alpha value is -1.36. The van der Waals surface area contributed by atoms with Crippen molar-refractivity contribution in [3.63, 3.8) is 0 Å². The van der Waals surface area contributed by atoms with E-state index in [0.29, 0.717) is 6.42 Å². The first-order chi connectivity index (χ1) is 14.4. The topological polar surface area (TPSA) is 98.8 Å². The lowest BCUT2D eigenvalue weighted by Crippen LogP contribution is -2.52. The molecule has 7 nitrogen and oxygen atoms in total. The largest absolute Gasteiger partial charge is 0.511 e. The number of alkyl halides is 3. The first kappa shape index (κ1) is 28.7. The molecule has 1 aliphatic rings. The highest BCUT2D eigenvalue weighted by Gasteiger charge is 2.49. The van der Waals surface area contributed by atoms with E-state index in [1.807, 2.05) is 6.92 Å². The van der Waals surface area contributed by atoms with E-state index in [1.54, 1.807) is 20.8 Å². The van der Waals surface area contributed by atoms with Gasteiger partial charge in [0, 0.05) is 0 Å². The third kappa shape index (κ3) is 7.33. The fourth-order valence-corrected chi connectivity index (χ4v) is 4.77. The summed E-state index contributed by atoms with van der Waals surface area (Å²) in [4.78, 5) is 25.4. The Kier molecular flexibility index (Phi) is 9.21. The van der Waals surface area contributed by atoms with Crippen LogP contribution in [0.15, 0.2) is 0 Å². The van der Waals surface area contributed by atoms with Crippen molar-refractivity contribution < 1.29 is 40.7 Å². The molecule has 0 heterocycles. The maximum atomic E-state index is 12.8. The number of nitrogens with one attached hydrogen (secondary N) is 1. The number of ether oxygens (including phenoxy) is 2.